The normalized spacial score (nSPS) is 16.5. The first-order valence-electron chi connectivity index (χ1n) is 6.10. The molecule has 1 fully saturated rings. The number of carbonyl (C=O) groups is 1. The van der Waals surface area contributed by atoms with Crippen molar-refractivity contribution in [1.29, 1.82) is 0 Å². The summed E-state index contributed by atoms with van der Waals surface area (Å²) < 4.78 is 19.1. The summed E-state index contributed by atoms with van der Waals surface area (Å²) in [7, 11) is 2.03. The summed E-state index contributed by atoms with van der Waals surface area (Å²) >= 11 is 3.18. The fourth-order valence-corrected chi connectivity index (χ4v) is 2.35. The Hall–Kier alpha value is -1.14. The molecule has 104 valence electrons. The van der Waals surface area contributed by atoms with E-state index >= 15 is 0 Å². The van der Waals surface area contributed by atoms with E-state index in [0.717, 1.165) is 13.1 Å². The zero-order valence-electron chi connectivity index (χ0n) is 10.7. The third kappa shape index (κ3) is 4.18. The first-order valence-corrected chi connectivity index (χ1v) is 6.89. The first kappa shape index (κ1) is 14.3. The van der Waals surface area contributed by atoms with Gasteiger partial charge in [0.05, 0.1) is 0 Å². The van der Waals surface area contributed by atoms with Crippen LogP contribution in [-0.2, 0) is 4.79 Å². The van der Waals surface area contributed by atoms with Crippen LogP contribution in [0.4, 0.5) is 4.39 Å². The van der Waals surface area contributed by atoms with Gasteiger partial charge in [-0.3, -0.25) is 4.79 Å². The van der Waals surface area contributed by atoms with Crippen LogP contribution in [0.25, 0.3) is 0 Å². The van der Waals surface area contributed by atoms with E-state index in [1.165, 1.54) is 12.1 Å². The average Bonchev–Trinajstić information content (AvgIpc) is 2.36. The van der Waals surface area contributed by atoms with Gasteiger partial charge in [0.1, 0.15) is 11.6 Å². The molecular weight excluding hydrogens is 315 g/mol. The molecule has 0 aromatic heterocycles. The lowest BCUT2D eigenvalue weighted by Crippen LogP contribution is -2.48. The first-order chi connectivity index (χ1) is 9.04. The number of carbonyl (C=O) groups excluding carboxylic acids is 1. The summed E-state index contributed by atoms with van der Waals surface area (Å²) in [6.45, 7) is 3.12. The zero-order valence-corrected chi connectivity index (χ0v) is 12.3. The van der Waals surface area contributed by atoms with Gasteiger partial charge in [0.15, 0.2) is 6.61 Å². The summed E-state index contributed by atoms with van der Waals surface area (Å²) in [5.41, 5.74) is 0. The van der Waals surface area contributed by atoms with Crippen LogP contribution in [0.1, 0.15) is 0 Å². The van der Waals surface area contributed by atoms with Crippen molar-refractivity contribution < 1.29 is 13.9 Å². The fraction of sp³-hybridized carbons (Fsp3) is 0.462. The van der Waals surface area contributed by atoms with Crippen LogP contribution >= 0.6 is 15.9 Å². The Bertz CT molecular complexity index is 442. The van der Waals surface area contributed by atoms with Crippen molar-refractivity contribution in [2.75, 3.05) is 39.8 Å². The molecule has 6 heteroatoms. The number of hydrogen-bond acceptors (Lipinski definition) is 3. The van der Waals surface area contributed by atoms with Gasteiger partial charge in [-0.1, -0.05) is 15.9 Å². The van der Waals surface area contributed by atoms with Gasteiger partial charge in [0.2, 0.25) is 0 Å². The third-order valence-electron chi connectivity index (χ3n) is 3.05. The van der Waals surface area contributed by atoms with Crippen LogP contribution in [0.5, 0.6) is 5.75 Å². The maximum atomic E-state index is 13.1. The average molecular weight is 331 g/mol. The molecule has 4 nitrogen and oxygen atoms in total. The second kappa shape index (κ2) is 6.34. The predicted molar refractivity (Wildman–Crippen MR) is 73.7 cm³/mol. The quantitative estimate of drug-likeness (QED) is 0.846. The SMILES string of the molecule is CN1CCN(C(=O)COc2cc(F)cc(Br)c2)CC1. The molecule has 1 aliphatic heterocycles. The van der Waals surface area contributed by atoms with Gasteiger partial charge in [-0.2, -0.15) is 0 Å². The molecule has 1 saturated heterocycles. The molecule has 1 heterocycles. The second-order valence-corrected chi connectivity index (χ2v) is 5.49. The number of rotatable bonds is 3. The molecular formula is C13H16BrFN2O2. The molecule has 0 saturated carbocycles. The molecule has 19 heavy (non-hydrogen) atoms. The van der Waals surface area contributed by atoms with Crippen molar-refractivity contribution in [2.24, 2.45) is 0 Å². The van der Waals surface area contributed by atoms with Gasteiger partial charge in [-0.15, -0.1) is 0 Å². The van der Waals surface area contributed by atoms with Crippen molar-refractivity contribution in [3.8, 4) is 5.75 Å². The number of ether oxygens (including phenoxy) is 1. The topological polar surface area (TPSA) is 32.8 Å². The van der Waals surface area contributed by atoms with Crippen LogP contribution in [0.15, 0.2) is 22.7 Å². The molecule has 0 bridgehead atoms. The van der Waals surface area contributed by atoms with E-state index in [1.807, 2.05) is 7.05 Å². The lowest BCUT2D eigenvalue weighted by atomic mass is 10.3. The summed E-state index contributed by atoms with van der Waals surface area (Å²) in [5, 5.41) is 0. The minimum absolute atomic E-state index is 0.0559. The summed E-state index contributed by atoms with van der Waals surface area (Å²) in [5.74, 6) is -0.0979. The van der Waals surface area contributed by atoms with E-state index in [1.54, 1.807) is 11.0 Å². The maximum absolute atomic E-state index is 13.1. The second-order valence-electron chi connectivity index (χ2n) is 4.58. The van der Waals surface area contributed by atoms with Gasteiger partial charge >= 0.3 is 0 Å². The van der Waals surface area contributed by atoms with Crippen LogP contribution < -0.4 is 4.74 Å². The van der Waals surface area contributed by atoms with Gasteiger partial charge < -0.3 is 14.5 Å². The summed E-state index contributed by atoms with van der Waals surface area (Å²) in [4.78, 5) is 15.9. The molecule has 0 N–H and O–H groups in total. The molecule has 0 radical (unpaired) electrons. The standard InChI is InChI=1S/C13H16BrFN2O2/c1-16-2-4-17(5-3-16)13(18)9-19-12-7-10(14)6-11(15)8-12/h6-8H,2-5,9H2,1H3. The molecule has 0 aliphatic carbocycles. The molecule has 0 unspecified atom stereocenters. The van der Waals surface area contributed by atoms with E-state index in [4.69, 9.17) is 4.74 Å². The number of piperazine rings is 1. The van der Waals surface area contributed by atoms with E-state index in [2.05, 4.69) is 20.8 Å². The molecule has 1 aromatic carbocycles. The number of nitrogens with zero attached hydrogens (tertiary/aromatic N) is 2. The Morgan fingerprint density at radius 2 is 2.00 bits per heavy atom. The van der Waals surface area contributed by atoms with Crippen molar-refractivity contribution in [3.63, 3.8) is 0 Å². The van der Waals surface area contributed by atoms with E-state index < -0.39 is 5.82 Å². The minimum Gasteiger partial charge on any atom is -0.484 e. The van der Waals surface area contributed by atoms with Gasteiger partial charge in [0.25, 0.3) is 5.91 Å². The molecule has 2 rings (SSSR count). The Labute approximate surface area is 120 Å². The van der Waals surface area contributed by atoms with Crippen molar-refractivity contribution in [1.82, 2.24) is 9.80 Å². The zero-order chi connectivity index (χ0) is 13.8. The maximum Gasteiger partial charge on any atom is 0.260 e. The molecule has 1 aromatic rings. The predicted octanol–water partition coefficient (Wildman–Crippen LogP) is 1.74. The lowest BCUT2D eigenvalue weighted by Gasteiger charge is -2.32. The largest absolute Gasteiger partial charge is 0.484 e. The number of benzene rings is 1. The number of hydrogen-bond donors (Lipinski definition) is 0. The lowest BCUT2D eigenvalue weighted by molar-refractivity contribution is -0.134. The van der Waals surface area contributed by atoms with Gasteiger partial charge in [-0.05, 0) is 19.2 Å². The smallest absolute Gasteiger partial charge is 0.260 e. The Morgan fingerprint density at radius 1 is 1.32 bits per heavy atom. The van der Waals surface area contributed by atoms with Crippen LogP contribution in [0.2, 0.25) is 0 Å². The highest BCUT2D eigenvalue weighted by Gasteiger charge is 2.19. The Balaban J connectivity index is 1.86. The summed E-state index contributed by atoms with van der Waals surface area (Å²) in [6.07, 6.45) is 0. The monoisotopic (exact) mass is 330 g/mol. The van der Waals surface area contributed by atoms with Crippen LogP contribution in [0, 0.1) is 5.82 Å². The fourth-order valence-electron chi connectivity index (χ4n) is 1.90. The van der Waals surface area contributed by atoms with E-state index in [9.17, 15) is 9.18 Å². The van der Waals surface area contributed by atoms with Gasteiger partial charge in [0, 0.05) is 36.7 Å². The van der Waals surface area contributed by atoms with Crippen LogP contribution in [-0.4, -0.2) is 55.5 Å². The van der Waals surface area contributed by atoms with Crippen molar-refractivity contribution in [3.05, 3.63) is 28.5 Å². The number of amides is 1. The van der Waals surface area contributed by atoms with Crippen molar-refractivity contribution in [2.45, 2.75) is 0 Å². The molecule has 0 atom stereocenters. The van der Waals surface area contributed by atoms with Crippen LogP contribution in [0.3, 0.4) is 0 Å². The highest BCUT2D eigenvalue weighted by atomic mass is 79.9. The van der Waals surface area contributed by atoms with Crippen molar-refractivity contribution >= 4 is 21.8 Å². The highest BCUT2D eigenvalue weighted by molar-refractivity contribution is 9.10. The minimum atomic E-state index is -0.392. The number of likely N-dealkylation sites (N-methyl/N-ethyl adjacent to an activating group) is 1. The van der Waals surface area contributed by atoms with E-state index in [-0.39, 0.29) is 12.5 Å². The molecule has 0 spiro atoms. The Morgan fingerprint density at radius 3 is 2.63 bits per heavy atom. The number of halogens is 2. The van der Waals surface area contributed by atoms with Gasteiger partial charge in [-0.25, -0.2) is 4.39 Å². The van der Waals surface area contributed by atoms with E-state index in [0.29, 0.717) is 23.3 Å². The summed E-state index contributed by atoms with van der Waals surface area (Å²) in [6, 6.07) is 4.25. The Kier molecular flexibility index (Phi) is 4.76. The highest BCUT2D eigenvalue weighted by Crippen LogP contribution is 2.20. The molecule has 1 amide bonds. The third-order valence-corrected chi connectivity index (χ3v) is 3.51. The molecule has 1 aliphatic rings.